The molecule has 0 aliphatic carbocycles. The molecule has 0 spiro atoms. The van der Waals surface area contributed by atoms with E-state index in [1.54, 1.807) is 6.33 Å². The average Bonchev–Trinajstić information content (AvgIpc) is 2.34. The lowest BCUT2D eigenvalue weighted by molar-refractivity contribution is 0.583. The van der Waals surface area contributed by atoms with Crippen molar-refractivity contribution in [3.05, 3.63) is 11.9 Å². The largest absolute Gasteiger partial charge is 0.370 e. The zero-order valence-electron chi connectivity index (χ0n) is 12.3. The Morgan fingerprint density at radius 2 is 2.06 bits per heavy atom. The third-order valence-corrected chi connectivity index (χ3v) is 3.00. The number of hydrogen-bond acceptors (Lipinski definition) is 4. The standard InChI is InChI=1S/C14H26N4/c1-6-8-15-13-12(4)14(17-10-16-13)18(5)9-7-11(2)3/h10-11H,6-9H2,1-5H3,(H,15,16,17). The second-order valence-electron chi connectivity index (χ2n) is 5.20. The average molecular weight is 250 g/mol. The Hall–Kier alpha value is -1.32. The third-order valence-electron chi connectivity index (χ3n) is 3.00. The van der Waals surface area contributed by atoms with Gasteiger partial charge in [0, 0.05) is 25.7 Å². The van der Waals surface area contributed by atoms with Gasteiger partial charge in [0.05, 0.1) is 0 Å². The summed E-state index contributed by atoms with van der Waals surface area (Å²) >= 11 is 0. The van der Waals surface area contributed by atoms with Crippen LogP contribution >= 0.6 is 0 Å². The van der Waals surface area contributed by atoms with Gasteiger partial charge in [-0.05, 0) is 25.7 Å². The van der Waals surface area contributed by atoms with Gasteiger partial charge in [0.1, 0.15) is 18.0 Å². The highest BCUT2D eigenvalue weighted by molar-refractivity contribution is 5.57. The molecule has 1 heterocycles. The first-order valence-electron chi connectivity index (χ1n) is 6.82. The fourth-order valence-electron chi connectivity index (χ4n) is 1.81. The van der Waals surface area contributed by atoms with Gasteiger partial charge in [0.15, 0.2) is 0 Å². The second kappa shape index (κ2) is 7.19. The van der Waals surface area contributed by atoms with Gasteiger partial charge in [0.2, 0.25) is 0 Å². The van der Waals surface area contributed by atoms with Crippen LogP contribution < -0.4 is 10.2 Å². The second-order valence-corrected chi connectivity index (χ2v) is 5.20. The zero-order chi connectivity index (χ0) is 13.5. The van der Waals surface area contributed by atoms with Gasteiger partial charge in [-0.2, -0.15) is 0 Å². The molecule has 1 N–H and O–H groups in total. The molecule has 0 atom stereocenters. The first kappa shape index (κ1) is 14.7. The van der Waals surface area contributed by atoms with Gasteiger partial charge in [-0.25, -0.2) is 9.97 Å². The highest BCUT2D eigenvalue weighted by Gasteiger charge is 2.10. The Balaban J connectivity index is 2.75. The maximum absolute atomic E-state index is 4.40. The van der Waals surface area contributed by atoms with E-state index in [0.717, 1.165) is 36.7 Å². The molecule has 0 aromatic carbocycles. The zero-order valence-corrected chi connectivity index (χ0v) is 12.3. The fraction of sp³-hybridized carbons (Fsp3) is 0.714. The number of anilines is 2. The van der Waals surface area contributed by atoms with Crippen molar-refractivity contribution in [3.8, 4) is 0 Å². The van der Waals surface area contributed by atoms with Gasteiger partial charge >= 0.3 is 0 Å². The van der Waals surface area contributed by atoms with E-state index in [-0.39, 0.29) is 0 Å². The van der Waals surface area contributed by atoms with Crippen LogP contribution in [0.5, 0.6) is 0 Å². The minimum atomic E-state index is 0.715. The summed E-state index contributed by atoms with van der Waals surface area (Å²) in [4.78, 5) is 10.9. The number of hydrogen-bond donors (Lipinski definition) is 1. The summed E-state index contributed by atoms with van der Waals surface area (Å²) in [5.41, 5.74) is 1.14. The highest BCUT2D eigenvalue weighted by Crippen LogP contribution is 2.21. The van der Waals surface area contributed by atoms with E-state index in [4.69, 9.17) is 0 Å². The summed E-state index contributed by atoms with van der Waals surface area (Å²) < 4.78 is 0. The topological polar surface area (TPSA) is 41.1 Å². The van der Waals surface area contributed by atoms with Gasteiger partial charge < -0.3 is 10.2 Å². The fourth-order valence-corrected chi connectivity index (χ4v) is 1.81. The van der Waals surface area contributed by atoms with E-state index in [1.165, 1.54) is 6.42 Å². The molecule has 1 rings (SSSR count). The van der Waals surface area contributed by atoms with Crippen LogP contribution in [0.1, 0.15) is 39.2 Å². The quantitative estimate of drug-likeness (QED) is 0.807. The molecule has 0 fully saturated rings. The Kier molecular flexibility index (Phi) is 5.89. The van der Waals surface area contributed by atoms with Crippen molar-refractivity contribution in [3.63, 3.8) is 0 Å². The highest BCUT2D eigenvalue weighted by atomic mass is 15.2. The summed E-state index contributed by atoms with van der Waals surface area (Å²) in [6.45, 7) is 10.7. The first-order valence-corrected chi connectivity index (χ1v) is 6.82. The van der Waals surface area contributed by atoms with E-state index < -0.39 is 0 Å². The predicted octanol–water partition coefficient (Wildman–Crippen LogP) is 3.09. The SMILES string of the molecule is CCCNc1ncnc(N(C)CCC(C)C)c1C. The van der Waals surface area contributed by atoms with Gasteiger partial charge in [-0.3, -0.25) is 0 Å². The molecule has 18 heavy (non-hydrogen) atoms. The van der Waals surface area contributed by atoms with Gasteiger partial charge in [-0.1, -0.05) is 20.8 Å². The van der Waals surface area contributed by atoms with Crippen molar-refractivity contribution in [2.45, 2.75) is 40.5 Å². The summed E-state index contributed by atoms with van der Waals surface area (Å²) in [7, 11) is 2.10. The molecule has 1 aromatic heterocycles. The van der Waals surface area contributed by atoms with Crippen LogP contribution in [-0.2, 0) is 0 Å². The first-order chi connectivity index (χ1) is 8.56. The van der Waals surface area contributed by atoms with Crippen LogP contribution in [0.3, 0.4) is 0 Å². The number of nitrogens with one attached hydrogen (secondary N) is 1. The van der Waals surface area contributed by atoms with Crippen molar-refractivity contribution in [2.75, 3.05) is 30.4 Å². The van der Waals surface area contributed by atoms with Crippen LogP contribution in [0.25, 0.3) is 0 Å². The predicted molar refractivity (Wildman–Crippen MR) is 78.3 cm³/mol. The molecule has 0 saturated carbocycles. The molecule has 0 aliphatic heterocycles. The van der Waals surface area contributed by atoms with Crippen molar-refractivity contribution < 1.29 is 0 Å². The van der Waals surface area contributed by atoms with E-state index >= 15 is 0 Å². The molecule has 0 aliphatic rings. The summed E-state index contributed by atoms with van der Waals surface area (Å²) in [5, 5.41) is 3.34. The maximum atomic E-state index is 4.40. The molecule has 0 amide bonds. The molecule has 4 heteroatoms. The molecule has 0 bridgehead atoms. The molecule has 0 saturated heterocycles. The lowest BCUT2D eigenvalue weighted by atomic mass is 10.1. The number of aromatic nitrogens is 2. The van der Waals surface area contributed by atoms with E-state index in [9.17, 15) is 0 Å². The molecule has 0 radical (unpaired) electrons. The van der Waals surface area contributed by atoms with Crippen molar-refractivity contribution in [2.24, 2.45) is 5.92 Å². The van der Waals surface area contributed by atoms with E-state index in [2.05, 4.69) is 54.9 Å². The number of rotatable bonds is 7. The maximum Gasteiger partial charge on any atom is 0.136 e. The molecule has 102 valence electrons. The van der Waals surface area contributed by atoms with Gasteiger partial charge in [0.25, 0.3) is 0 Å². The van der Waals surface area contributed by atoms with Crippen LogP contribution in [0.15, 0.2) is 6.33 Å². The van der Waals surface area contributed by atoms with Crippen LogP contribution in [0, 0.1) is 12.8 Å². The molecule has 0 unspecified atom stereocenters. The van der Waals surface area contributed by atoms with E-state index in [1.807, 2.05) is 0 Å². The van der Waals surface area contributed by atoms with Crippen molar-refractivity contribution >= 4 is 11.6 Å². The summed E-state index contributed by atoms with van der Waals surface area (Å²) in [5.74, 6) is 2.70. The Bertz CT molecular complexity index is 363. The summed E-state index contributed by atoms with van der Waals surface area (Å²) in [6.07, 6.45) is 3.92. The van der Waals surface area contributed by atoms with Crippen LogP contribution in [0.2, 0.25) is 0 Å². The smallest absolute Gasteiger partial charge is 0.136 e. The number of nitrogens with zero attached hydrogens (tertiary/aromatic N) is 3. The Morgan fingerprint density at radius 1 is 1.33 bits per heavy atom. The molecule has 1 aromatic rings. The third kappa shape index (κ3) is 4.17. The van der Waals surface area contributed by atoms with Gasteiger partial charge in [-0.15, -0.1) is 0 Å². The molecular weight excluding hydrogens is 224 g/mol. The Labute approximate surface area is 111 Å². The van der Waals surface area contributed by atoms with Crippen LogP contribution in [-0.4, -0.2) is 30.1 Å². The summed E-state index contributed by atoms with van der Waals surface area (Å²) in [6, 6.07) is 0. The van der Waals surface area contributed by atoms with E-state index in [0.29, 0.717) is 5.92 Å². The van der Waals surface area contributed by atoms with Crippen molar-refractivity contribution in [1.82, 2.24) is 9.97 Å². The minimum Gasteiger partial charge on any atom is -0.370 e. The monoisotopic (exact) mass is 250 g/mol. The molecule has 4 nitrogen and oxygen atoms in total. The normalized spacial score (nSPS) is 10.8. The lowest BCUT2D eigenvalue weighted by Gasteiger charge is -2.22. The Morgan fingerprint density at radius 3 is 2.67 bits per heavy atom. The minimum absolute atomic E-state index is 0.715. The molecular formula is C14H26N4. The van der Waals surface area contributed by atoms with Crippen molar-refractivity contribution in [1.29, 1.82) is 0 Å². The lowest BCUT2D eigenvalue weighted by Crippen LogP contribution is -2.22. The van der Waals surface area contributed by atoms with Crippen LogP contribution in [0.4, 0.5) is 11.6 Å².